The number of nitrogens with one attached hydrogen (secondary N) is 1. The molecule has 0 fully saturated rings. The second-order valence-corrected chi connectivity index (χ2v) is 4.48. The highest BCUT2D eigenvalue weighted by Crippen LogP contribution is 2.15. The zero-order valence-electron chi connectivity index (χ0n) is 8.38. The van der Waals surface area contributed by atoms with Gasteiger partial charge in [0.05, 0.1) is 18.4 Å². The number of nitrogens with two attached hydrogens (primary N) is 1. The molecule has 2 aromatic rings. The number of nitrogens with zero attached hydrogens (tertiary/aromatic N) is 2. The summed E-state index contributed by atoms with van der Waals surface area (Å²) >= 11 is 6.56. The summed E-state index contributed by atoms with van der Waals surface area (Å²) in [7, 11) is 0. The van der Waals surface area contributed by atoms with Gasteiger partial charge in [-0.2, -0.15) is 0 Å². The standard InChI is InChI=1S/C10H10N4S2/c11-10(15)7-1-2-12-5-8(7)14-6-9-13-3-4-16-9/h1-5,14H,6H2,(H2,11,15). The first-order chi connectivity index (χ1) is 7.77. The Labute approximate surface area is 103 Å². The van der Waals surface area contributed by atoms with Gasteiger partial charge >= 0.3 is 0 Å². The van der Waals surface area contributed by atoms with E-state index >= 15 is 0 Å². The Kier molecular flexibility index (Phi) is 3.43. The van der Waals surface area contributed by atoms with Crippen molar-refractivity contribution in [2.75, 3.05) is 5.32 Å². The molecule has 0 unspecified atom stereocenters. The van der Waals surface area contributed by atoms with Crippen LogP contribution in [0.2, 0.25) is 0 Å². The quantitative estimate of drug-likeness (QED) is 0.810. The van der Waals surface area contributed by atoms with Crippen LogP contribution in [-0.4, -0.2) is 15.0 Å². The van der Waals surface area contributed by atoms with Crippen molar-refractivity contribution in [3.8, 4) is 0 Å². The molecule has 0 spiro atoms. The first-order valence-corrected chi connectivity index (χ1v) is 5.92. The van der Waals surface area contributed by atoms with E-state index < -0.39 is 0 Å². The molecule has 0 aliphatic rings. The highest BCUT2D eigenvalue weighted by atomic mass is 32.1. The SMILES string of the molecule is NC(=S)c1ccncc1NCc1nccs1. The van der Waals surface area contributed by atoms with Gasteiger partial charge in [-0.15, -0.1) is 11.3 Å². The average molecular weight is 250 g/mol. The van der Waals surface area contributed by atoms with Gasteiger partial charge < -0.3 is 11.1 Å². The smallest absolute Gasteiger partial charge is 0.112 e. The molecule has 4 nitrogen and oxygen atoms in total. The van der Waals surface area contributed by atoms with Crippen molar-refractivity contribution in [1.29, 1.82) is 0 Å². The van der Waals surface area contributed by atoms with Crippen LogP contribution in [0.5, 0.6) is 0 Å². The van der Waals surface area contributed by atoms with Crippen LogP contribution in [0.15, 0.2) is 30.0 Å². The van der Waals surface area contributed by atoms with Crippen molar-refractivity contribution < 1.29 is 0 Å². The van der Waals surface area contributed by atoms with Crippen LogP contribution >= 0.6 is 23.6 Å². The number of aromatic nitrogens is 2. The Morgan fingerprint density at radius 2 is 2.38 bits per heavy atom. The Morgan fingerprint density at radius 3 is 3.06 bits per heavy atom. The fourth-order valence-electron chi connectivity index (χ4n) is 1.26. The van der Waals surface area contributed by atoms with E-state index in [1.165, 1.54) is 0 Å². The minimum atomic E-state index is 0.365. The Balaban J connectivity index is 2.12. The molecule has 2 aromatic heterocycles. The average Bonchev–Trinajstić information content (AvgIpc) is 2.79. The largest absolute Gasteiger partial charge is 0.389 e. The molecule has 0 aliphatic heterocycles. The molecule has 2 rings (SSSR count). The van der Waals surface area contributed by atoms with Crippen LogP contribution in [0.1, 0.15) is 10.6 Å². The first-order valence-electron chi connectivity index (χ1n) is 4.63. The molecule has 0 atom stereocenters. The highest BCUT2D eigenvalue weighted by molar-refractivity contribution is 7.80. The summed E-state index contributed by atoms with van der Waals surface area (Å²) in [5.41, 5.74) is 7.26. The lowest BCUT2D eigenvalue weighted by molar-refractivity contribution is 1.09. The maximum atomic E-state index is 5.61. The monoisotopic (exact) mass is 250 g/mol. The zero-order chi connectivity index (χ0) is 11.4. The topological polar surface area (TPSA) is 63.8 Å². The third-order valence-electron chi connectivity index (χ3n) is 2.00. The van der Waals surface area contributed by atoms with Crippen LogP contribution in [0.25, 0.3) is 0 Å². The summed E-state index contributed by atoms with van der Waals surface area (Å²) in [5, 5.41) is 6.17. The predicted octanol–water partition coefficient (Wildman–Crippen LogP) is 1.78. The third kappa shape index (κ3) is 2.53. The van der Waals surface area contributed by atoms with E-state index in [9.17, 15) is 0 Å². The van der Waals surface area contributed by atoms with Gasteiger partial charge in [-0.3, -0.25) is 4.98 Å². The van der Waals surface area contributed by atoms with Gasteiger partial charge in [-0.1, -0.05) is 12.2 Å². The summed E-state index contributed by atoms with van der Waals surface area (Å²) in [5.74, 6) is 0. The molecular weight excluding hydrogens is 240 g/mol. The second kappa shape index (κ2) is 5.00. The van der Waals surface area contributed by atoms with Crippen molar-refractivity contribution >= 4 is 34.2 Å². The molecule has 82 valence electrons. The summed E-state index contributed by atoms with van der Waals surface area (Å²) < 4.78 is 0. The number of pyridine rings is 1. The number of thiocarbonyl (C=S) groups is 1. The number of hydrogen-bond acceptors (Lipinski definition) is 5. The van der Waals surface area contributed by atoms with E-state index in [0.717, 1.165) is 16.3 Å². The van der Waals surface area contributed by atoms with Gasteiger partial charge in [0, 0.05) is 23.3 Å². The van der Waals surface area contributed by atoms with Gasteiger partial charge in [0.25, 0.3) is 0 Å². The Morgan fingerprint density at radius 1 is 1.50 bits per heavy atom. The lowest BCUT2D eigenvalue weighted by Gasteiger charge is -2.08. The van der Waals surface area contributed by atoms with Gasteiger partial charge in [-0.25, -0.2) is 4.98 Å². The minimum Gasteiger partial charge on any atom is -0.389 e. The van der Waals surface area contributed by atoms with Crippen LogP contribution < -0.4 is 11.1 Å². The molecule has 0 aliphatic carbocycles. The van der Waals surface area contributed by atoms with E-state index in [-0.39, 0.29) is 0 Å². The van der Waals surface area contributed by atoms with Crippen molar-refractivity contribution in [3.05, 3.63) is 40.6 Å². The van der Waals surface area contributed by atoms with E-state index in [0.29, 0.717) is 11.5 Å². The molecular formula is C10H10N4S2. The highest BCUT2D eigenvalue weighted by Gasteiger charge is 2.04. The molecule has 0 saturated heterocycles. The molecule has 0 aromatic carbocycles. The lowest BCUT2D eigenvalue weighted by atomic mass is 10.2. The maximum absolute atomic E-state index is 5.61. The normalized spacial score (nSPS) is 10.0. The Hall–Kier alpha value is -1.53. The van der Waals surface area contributed by atoms with Crippen LogP contribution in [-0.2, 0) is 6.54 Å². The summed E-state index contributed by atoms with van der Waals surface area (Å²) in [4.78, 5) is 8.58. The minimum absolute atomic E-state index is 0.365. The molecule has 0 bridgehead atoms. The molecule has 0 radical (unpaired) electrons. The summed E-state index contributed by atoms with van der Waals surface area (Å²) in [6.45, 7) is 0.652. The van der Waals surface area contributed by atoms with Crippen molar-refractivity contribution in [2.24, 2.45) is 5.73 Å². The molecule has 0 amide bonds. The predicted molar refractivity (Wildman–Crippen MR) is 69.6 cm³/mol. The van der Waals surface area contributed by atoms with Crippen LogP contribution in [0.3, 0.4) is 0 Å². The molecule has 3 N–H and O–H groups in total. The van der Waals surface area contributed by atoms with Crippen molar-refractivity contribution in [1.82, 2.24) is 9.97 Å². The van der Waals surface area contributed by atoms with Gasteiger partial charge in [-0.05, 0) is 6.07 Å². The van der Waals surface area contributed by atoms with Gasteiger partial charge in [0.1, 0.15) is 10.00 Å². The third-order valence-corrected chi connectivity index (χ3v) is 3.00. The van der Waals surface area contributed by atoms with Crippen molar-refractivity contribution in [3.63, 3.8) is 0 Å². The van der Waals surface area contributed by atoms with E-state index in [2.05, 4.69) is 15.3 Å². The van der Waals surface area contributed by atoms with Crippen molar-refractivity contribution in [2.45, 2.75) is 6.54 Å². The van der Waals surface area contributed by atoms with Crippen LogP contribution in [0, 0.1) is 0 Å². The van der Waals surface area contributed by atoms with Gasteiger partial charge in [0.15, 0.2) is 0 Å². The first kappa shape index (κ1) is 11.0. The fraction of sp³-hybridized carbons (Fsp3) is 0.100. The van der Waals surface area contributed by atoms with E-state index in [4.69, 9.17) is 18.0 Å². The van der Waals surface area contributed by atoms with E-state index in [1.807, 2.05) is 5.38 Å². The molecule has 6 heteroatoms. The zero-order valence-corrected chi connectivity index (χ0v) is 10.0. The number of hydrogen-bond donors (Lipinski definition) is 2. The van der Waals surface area contributed by atoms with E-state index in [1.54, 1.807) is 36.0 Å². The maximum Gasteiger partial charge on any atom is 0.112 e. The molecule has 16 heavy (non-hydrogen) atoms. The Bertz CT molecular complexity index is 481. The number of thiazole rings is 1. The summed E-state index contributed by atoms with van der Waals surface area (Å²) in [6.07, 6.45) is 5.16. The molecule has 2 heterocycles. The van der Waals surface area contributed by atoms with Gasteiger partial charge in [0.2, 0.25) is 0 Å². The van der Waals surface area contributed by atoms with Crippen LogP contribution in [0.4, 0.5) is 5.69 Å². The fourth-order valence-corrected chi connectivity index (χ4v) is 2.00. The molecule has 0 saturated carbocycles. The number of rotatable bonds is 4. The number of anilines is 1. The summed E-state index contributed by atoms with van der Waals surface area (Å²) in [6, 6.07) is 1.80. The second-order valence-electron chi connectivity index (χ2n) is 3.06. The lowest BCUT2D eigenvalue weighted by Crippen LogP contribution is -2.13.